The maximum absolute atomic E-state index is 2.73. The summed E-state index contributed by atoms with van der Waals surface area (Å²) >= 11 is 0. The summed E-state index contributed by atoms with van der Waals surface area (Å²) in [4.78, 5) is 0. The molecule has 5 aliphatic rings. The van der Waals surface area contributed by atoms with E-state index in [0.29, 0.717) is 5.41 Å². The molecule has 5 rings (SSSR count). The molecule has 0 heteroatoms. The van der Waals surface area contributed by atoms with Crippen molar-refractivity contribution in [1.29, 1.82) is 0 Å². The van der Waals surface area contributed by atoms with Gasteiger partial charge < -0.3 is 0 Å². The third-order valence-electron chi connectivity index (χ3n) is 13.4. The van der Waals surface area contributed by atoms with Crippen molar-refractivity contribution in [2.45, 2.75) is 145 Å². The maximum atomic E-state index is 2.73. The predicted molar refractivity (Wildman–Crippen MR) is 152 cm³/mol. The molecule has 202 valence electrons. The average Bonchev–Trinajstić information content (AvgIpc) is 3.68. The van der Waals surface area contributed by atoms with Gasteiger partial charge in [-0.2, -0.15) is 0 Å². The molecule has 5 aliphatic carbocycles. The van der Waals surface area contributed by atoms with Crippen LogP contribution in [0.15, 0.2) is 0 Å². The van der Waals surface area contributed by atoms with Crippen LogP contribution in [0.2, 0.25) is 0 Å². The number of fused-ring (bicyclic) bond motifs is 4. The highest BCUT2D eigenvalue weighted by Crippen LogP contribution is 2.79. The summed E-state index contributed by atoms with van der Waals surface area (Å²) in [6.45, 7) is 18.1. The smallest absolute Gasteiger partial charge is 0.0240 e. The minimum absolute atomic E-state index is 0.647. The van der Waals surface area contributed by atoms with Crippen LogP contribution < -0.4 is 0 Å². The van der Waals surface area contributed by atoms with Crippen molar-refractivity contribution in [3.63, 3.8) is 0 Å². The van der Waals surface area contributed by atoms with Gasteiger partial charge in [0.1, 0.15) is 0 Å². The SMILES string of the molecule is CCCCCC1(CC)C(C)CCCCCC2CC2(C)CC2C(C(C)CCC)C2C2C(C3CC3C)C21. The first kappa shape index (κ1) is 26.6. The largest absolute Gasteiger partial charge is 0.0654 e. The fourth-order valence-corrected chi connectivity index (χ4v) is 11.0. The Labute approximate surface area is 220 Å². The van der Waals surface area contributed by atoms with Crippen LogP contribution in [-0.2, 0) is 0 Å². The quantitative estimate of drug-likeness (QED) is 0.287. The molecule has 0 spiro atoms. The first-order valence-corrected chi connectivity index (χ1v) is 16.8. The lowest BCUT2D eigenvalue weighted by Gasteiger charge is -2.41. The van der Waals surface area contributed by atoms with Crippen LogP contribution in [0.4, 0.5) is 0 Å². The first-order chi connectivity index (χ1) is 16.8. The van der Waals surface area contributed by atoms with Crippen molar-refractivity contribution in [1.82, 2.24) is 0 Å². The van der Waals surface area contributed by atoms with Crippen molar-refractivity contribution in [3.05, 3.63) is 0 Å². The van der Waals surface area contributed by atoms with E-state index in [0.717, 1.165) is 70.5 Å². The van der Waals surface area contributed by atoms with E-state index in [9.17, 15) is 0 Å². The van der Waals surface area contributed by atoms with Gasteiger partial charge in [0, 0.05) is 0 Å². The molecule has 0 aromatic rings. The standard InChI is InChI=1S/C35H62/c1-8-11-15-19-35(10-3)25(6)17-13-12-14-18-26-21-34(26,7)22-28-29(23(4)16-9-2)30(28)32-31(33(32)35)27-20-24(27)5/h23-33H,8-22H2,1-7H3. The summed E-state index contributed by atoms with van der Waals surface area (Å²) in [6, 6.07) is 0. The van der Waals surface area contributed by atoms with Gasteiger partial charge in [-0.15, -0.1) is 0 Å². The summed E-state index contributed by atoms with van der Waals surface area (Å²) in [6.07, 6.45) is 22.5. The molecule has 13 atom stereocenters. The van der Waals surface area contributed by atoms with Crippen molar-refractivity contribution in [2.24, 2.45) is 75.9 Å². The van der Waals surface area contributed by atoms with Crippen LogP contribution in [0.25, 0.3) is 0 Å². The van der Waals surface area contributed by atoms with E-state index in [1.54, 1.807) is 32.1 Å². The summed E-state index contributed by atoms with van der Waals surface area (Å²) in [7, 11) is 0. The van der Waals surface area contributed by atoms with E-state index >= 15 is 0 Å². The second kappa shape index (κ2) is 10.3. The van der Waals surface area contributed by atoms with Gasteiger partial charge in [0.15, 0.2) is 0 Å². The lowest BCUT2D eigenvalue weighted by molar-refractivity contribution is 0.0831. The van der Waals surface area contributed by atoms with Gasteiger partial charge in [0.2, 0.25) is 0 Å². The molecular weight excluding hydrogens is 420 g/mol. The molecule has 0 nitrogen and oxygen atoms in total. The molecule has 35 heavy (non-hydrogen) atoms. The summed E-state index contributed by atoms with van der Waals surface area (Å²) in [5.74, 6) is 11.7. The van der Waals surface area contributed by atoms with Crippen LogP contribution >= 0.6 is 0 Å². The molecule has 0 bridgehead atoms. The number of unbranched alkanes of at least 4 members (excludes halogenated alkanes) is 2. The van der Waals surface area contributed by atoms with E-state index in [2.05, 4.69) is 48.5 Å². The molecule has 0 radical (unpaired) electrons. The minimum Gasteiger partial charge on any atom is -0.0654 e. The van der Waals surface area contributed by atoms with Crippen LogP contribution in [0.5, 0.6) is 0 Å². The monoisotopic (exact) mass is 482 g/mol. The Kier molecular flexibility index (Phi) is 7.82. The Morgan fingerprint density at radius 1 is 0.829 bits per heavy atom. The molecular formula is C35H62. The van der Waals surface area contributed by atoms with Crippen molar-refractivity contribution >= 4 is 0 Å². The fraction of sp³-hybridized carbons (Fsp3) is 1.00. The normalized spacial score (nSPS) is 51.9. The zero-order valence-electron chi connectivity index (χ0n) is 25.0. The van der Waals surface area contributed by atoms with Crippen molar-refractivity contribution in [2.75, 3.05) is 0 Å². The van der Waals surface area contributed by atoms with Gasteiger partial charge in [-0.1, -0.05) is 106 Å². The highest BCUT2D eigenvalue weighted by atomic mass is 14.8. The Balaban J connectivity index is 1.46. The summed E-state index contributed by atoms with van der Waals surface area (Å²) in [5.41, 5.74) is 1.37. The highest BCUT2D eigenvalue weighted by Gasteiger charge is 2.74. The molecule has 5 saturated carbocycles. The zero-order chi connectivity index (χ0) is 25.0. The molecule has 0 aromatic carbocycles. The topological polar surface area (TPSA) is 0 Å². The number of hydrogen-bond donors (Lipinski definition) is 0. The summed E-state index contributed by atoms with van der Waals surface area (Å²) < 4.78 is 0. The van der Waals surface area contributed by atoms with Gasteiger partial charge >= 0.3 is 0 Å². The van der Waals surface area contributed by atoms with Crippen LogP contribution in [0.1, 0.15) is 145 Å². The van der Waals surface area contributed by atoms with Gasteiger partial charge in [0.25, 0.3) is 0 Å². The molecule has 5 fully saturated rings. The molecule has 0 aromatic heterocycles. The predicted octanol–water partition coefficient (Wildman–Crippen LogP) is 10.8. The number of rotatable bonds is 9. The maximum Gasteiger partial charge on any atom is -0.0240 e. The minimum atomic E-state index is 0.647. The van der Waals surface area contributed by atoms with Crippen molar-refractivity contribution in [3.8, 4) is 0 Å². The highest BCUT2D eigenvalue weighted by molar-refractivity contribution is 5.22. The molecule has 0 amide bonds. The van der Waals surface area contributed by atoms with E-state index in [4.69, 9.17) is 0 Å². The fourth-order valence-electron chi connectivity index (χ4n) is 11.0. The van der Waals surface area contributed by atoms with Gasteiger partial charge in [-0.3, -0.25) is 0 Å². The third-order valence-corrected chi connectivity index (χ3v) is 13.4. The summed E-state index contributed by atoms with van der Waals surface area (Å²) in [5, 5.41) is 0. The van der Waals surface area contributed by atoms with Gasteiger partial charge in [0.05, 0.1) is 0 Å². The van der Waals surface area contributed by atoms with Crippen LogP contribution in [-0.4, -0.2) is 0 Å². The molecule has 13 unspecified atom stereocenters. The Morgan fingerprint density at radius 2 is 1.57 bits per heavy atom. The second-order valence-electron chi connectivity index (χ2n) is 15.5. The third kappa shape index (κ3) is 4.93. The van der Waals surface area contributed by atoms with E-state index < -0.39 is 0 Å². The first-order valence-electron chi connectivity index (χ1n) is 16.8. The number of hydrogen-bond acceptors (Lipinski definition) is 0. The zero-order valence-corrected chi connectivity index (χ0v) is 25.0. The van der Waals surface area contributed by atoms with E-state index in [1.807, 2.05) is 0 Å². The van der Waals surface area contributed by atoms with E-state index in [1.165, 1.54) is 64.2 Å². The molecule has 0 aliphatic heterocycles. The Bertz CT molecular complexity index is 709. The molecule has 0 saturated heterocycles. The van der Waals surface area contributed by atoms with Crippen LogP contribution in [0.3, 0.4) is 0 Å². The lowest BCUT2D eigenvalue weighted by Crippen LogP contribution is -2.33. The Hall–Kier alpha value is 0. The average molecular weight is 483 g/mol. The van der Waals surface area contributed by atoms with Crippen molar-refractivity contribution < 1.29 is 0 Å². The molecule has 0 heterocycles. The van der Waals surface area contributed by atoms with Crippen LogP contribution in [0, 0.1) is 75.9 Å². The Morgan fingerprint density at radius 3 is 2.23 bits per heavy atom. The second-order valence-corrected chi connectivity index (χ2v) is 15.5. The van der Waals surface area contributed by atoms with E-state index in [-0.39, 0.29) is 0 Å². The van der Waals surface area contributed by atoms with Gasteiger partial charge in [-0.05, 0) is 114 Å². The lowest BCUT2D eigenvalue weighted by atomic mass is 9.64. The molecule has 0 N–H and O–H groups in total. The van der Waals surface area contributed by atoms with Gasteiger partial charge in [-0.25, -0.2) is 0 Å².